The smallest absolute Gasteiger partial charge is 0.255 e. The highest BCUT2D eigenvalue weighted by molar-refractivity contribution is 5.75. The normalized spacial score (nSPS) is 15.9. The fraction of sp³-hybridized carbons (Fsp3) is 0.320. The molecule has 1 fully saturated rings. The Morgan fingerprint density at radius 1 is 1.21 bits per heavy atom. The first kappa shape index (κ1) is 22.5. The Morgan fingerprint density at radius 2 is 2.09 bits per heavy atom. The number of likely N-dealkylation sites (tertiary alicyclic amines) is 1. The number of aromatic nitrogens is 2. The number of anilines is 2. The summed E-state index contributed by atoms with van der Waals surface area (Å²) in [5, 5.41) is 3.33. The average Bonchev–Trinajstić information content (AvgIpc) is 3.28. The Labute approximate surface area is 193 Å². The fourth-order valence-electron chi connectivity index (χ4n) is 4.09. The highest BCUT2D eigenvalue weighted by Crippen LogP contribution is 2.34. The van der Waals surface area contributed by atoms with E-state index < -0.39 is 5.91 Å². The molecule has 0 radical (unpaired) electrons. The number of hydrogen-bond donors (Lipinski definition) is 2. The van der Waals surface area contributed by atoms with Gasteiger partial charge < -0.3 is 20.5 Å². The van der Waals surface area contributed by atoms with Crippen LogP contribution >= 0.6 is 0 Å². The molecule has 8 heteroatoms. The number of nitrogens with zero attached hydrogens (tertiary/aromatic N) is 3. The van der Waals surface area contributed by atoms with Crippen molar-refractivity contribution in [1.29, 1.82) is 0 Å². The predicted molar refractivity (Wildman–Crippen MR) is 127 cm³/mol. The third-order valence-electron chi connectivity index (χ3n) is 5.75. The lowest BCUT2D eigenvalue weighted by molar-refractivity contribution is -0.119. The molecule has 0 aliphatic carbocycles. The van der Waals surface area contributed by atoms with Crippen LogP contribution in [0.25, 0.3) is 0 Å². The van der Waals surface area contributed by atoms with Crippen molar-refractivity contribution in [3.8, 4) is 11.5 Å². The lowest BCUT2D eigenvalue weighted by Gasteiger charge is -2.24. The maximum Gasteiger partial charge on any atom is 0.255 e. The summed E-state index contributed by atoms with van der Waals surface area (Å²) >= 11 is 0. The monoisotopic (exact) mass is 447 g/mol. The van der Waals surface area contributed by atoms with Gasteiger partial charge in [0.1, 0.15) is 5.82 Å². The van der Waals surface area contributed by atoms with Crippen LogP contribution in [-0.4, -0.2) is 41.0 Å². The molecule has 1 saturated heterocycles. The van der Waals surface area contributed by atoms with Crippen molar-refractivity contribution < 1.29 is 14.3 Å². The van der Waals surface area contributed by atoms with Crippen molar-refractivity contribution in [3.63, 3.8) is 0 Å². The molecule has 0 saturated carbocycles. The summed E-state index contributed by atoms with van der Waals surface area (Å²) in [6, 6.07) is 14.1. The van der Waals surface area contributed by atoms with Gasteiger partial charge in [0.2, 0.25) is 0 Å². The first-order valence-electron chi connectivity index (χ1n) is 11.0. The minimum absolute atomic E-state index is 0.180. The molecule has 0 bridgehead atoms. The fourth-order valence-corrected chi connectivity index (χ4v) is 4.09. The van der Waals surface area contributed by atoms with Crippen LogP contribution in [0.3, 0.4) is 0 Å². The quantitative estimate of drug-likeness (QED) is 0.515. The lowest BCUT2D eigenvalue weighted by atomic mass is 10.1. The highest BCUT2D eigenvalue weighted by Gasteiger charge is 2.27. The Balaban J connectivity index is 1.43. The number of carbonyl (C=O) groups is 1. The Morgan fingerprint density at radius 3 is 2.82 bits per heavy atom. The van der Waals surface area contributed by atoms with Crippen molar-refractivity contribution >= 4 is 17.4 Å². The van der Waals surface area contributed by atoms with E-state index >= 15 is 0 Å². The number of aryl methyl sites for hydroxylation is 1. The average molecular weight is 448 g/mol. The second-order valence-corrected chi connectivity index (χ2v) is 8.13. The molecule has 2 aromatic heterocycles. The largest absolute Gasteiger partial charge is 0.493 e. The van der Waals surface area contributed by atoms with Gasteiger partial charge >= 0.3 is 0 Å². The number of nitrogens with one attached hydrogen (secondary N) is 1. The first-order valence-corrected chi connectivity index (χ1v) is 11.0. The number of amides is 1. The van der Waals surface area contributed by atoms with Gasteiger partial charge in [0, 0.05) is 12.7 Å². The van der Waals surface area contributed by atoms with Crippen molar-refractivity contribution in [1.82, 2.24) is 14.9 Å². The van der Waals surface area contributed by atoms with Crippen molar-refractivity contribution in [2.45, 2.75) is 32.4 Å². The Kier molecular flexibility index (Phi) is 7.04. The van der Waals surface area contributed by atoms with Gasteiger partial charge in [-0.15, -0.1) is 0 Å². The zero-order valence-corrected chi connectivity index (χ0v) is 19.0. The summed E-state index contributed by atoms with van der Waals surface area (Å²) in [7, 11) is 1.58. The van der Waals surface area contributed by atoms with E-state index in [2.05, 4.69) is 27.3 Å². The van der Waals surface area contributed by atoms with Crippen molar-refractivity contribution in [3.05, 3.63) is 71.7 Å². The van der Waals surface area contributed by atoms with Gasteiger partial charge in [-0.25, -0.2) is 4.98 Å². The number of ether oxygens (including phenoxy) is 2. The second kappa shape index (κ2) is 10.3. The van der Waals surface area contributed by atoms with Crippen LogP contribution in [-0.2, 0) is 11.3 Å². The van der Waals surface area contributed by atoms with Crippen LogP contribution in [0.2, 0.25) is 0 Å². The van der Waals surface area contributed by atoms with Gasteiger partial charge in [-0.3, -0.25) is 14.7 Å². The van der Waals surface area contributed by atoms with Crippen molar-refractivity contribution in [2.24, 2.45) is 5.73 Å². The van der Waals surface area contributed by atoms with Crippen LogP contribution in [0.4, 0.5) is 11.5 Å². The van der Waals surface area contributed by atoms with Crippen LogP contribution < -0.4 is 20.5 Å². The molecule has 1 atom stereocenters. The molecule has 3 aromatic rings. The molecule has 8 nitrogen and oxygen atoms in total. The molecule has 1 aromatic carbocycles. The standard InChI is InChI=1S/C25H29N5O3/c1-17-5-3-11-27-25(17)29-19-8-9-20(28-14-19)21-6-4-12-30(21)15-18-7-10-22(23(13-18)32-2)33-16-24(26)31/h3,5,7-11,13-14,21H,4,6,12,15-16H2,1-2H3,(H2,26,31)(H,27,29). The molecular weight excluding hydrogens is 418 g/mol. The molecule has 1 unspecified atom stereocenters. The first-order chi connectivity index (χ1) is 16.0. The minimum Gasteiger partial charge on any atom is -0.493 e. The van der Waals surface area contributed by atoms with Crippen LogP contribution in [0.1, 0.15) is 35.7 Å². The van der Waals surface area contributed by atoms with Crippen LogP contribution in [0, 0.1) is 6.92 Å². The highest BCUT2D eigenvalue weighted by atomic mass is 16.5. The van der Waals surface area contributed by atoms with Gasteiger partial charge in [-0.05, 0) is 67.8 Å². The zero-order valence-electron chi connectivity index (χ0n) is 19.0. The predicted octanol–water partition coefficient (Wildman–Crippen LogP) is 3.74. The summed E-state index contributed by atoms with van der Waals surface area (Å²) in [6.45, 7) is 3.62. The number of pyridine rings is 2. The second-order valence-electron chi connectivity index (χ2n) is 8.13. The SMILES string of the molecule is COc1cc(CN2CCCC2c2ccc(Nc3ncccc3C)cn2)ccc1OCC(N)=O. The third kappa shape index (κ3) is 5.59. The number of methoxy groups -OCH3 is 1. The van der Waals surface area contributed by atoms with Crippen LogP contribution in [0.5, 0.6) is 11.5 Å². The Hall–Kier alpha value is -3.65. The minimum atomic E-state index is -0.523. The van der Waals surface area contributed by atoms with E-state index in [9.17, 15) is 4.79 Å². The molecule has 0 spiro atoms. The third-order valence-corrected chi connectivity index (χ3v) is 5.75. The van der Waals surface area contributed by atoms with Gasteiger partial charge in [-0.1, -0.05) is 12.1 Å². The topological polar surface area (TPSA) is 103 Å². The maximum absolute atomic E-state index is 11.0. The van der Waals surface area contributed by atoms with E-state index in [0.717, 1.165) is 54.3 Å². The summed E-state index contributed by atoms with van der Waals surface area (Å²) in [5.41, 5.74) is 9.34. The summed E-state index contributed by atoms with van der Waals surface area (Å²) in [4.78, 5) is 22.6. The van der Waals surface area contributed by atoms with E-state index in [1.165, 1.54) is 0 Å². The lowest BCUT2D eigenvalue weighted by Crippen LogP contribution is -2.23. The van der Waals surface area contributed by atoms with E-state index in [1.807, 2.05) is 43.5 Å². The number of carbonyl (C=O) groups excluding carboxylic acids is 1. The van der Waals surface area contributed by atoms with Gasteiger partial charge in [0.05, 0.1) is 30.7 Å². The molecular formula is C25H29N5O3. The maximum atomic E-state index is 11.0. The summed E-state index contributed by atoms with van der Waals surface area (Å²) in [6.07, 6.45) is 5.83. The number of nitrogens with two attached hydrogens (primary N) is 1. The van der Waals surface area contributed by atoms with Crippen molar-refractivity contribution in [2.75, 3.05) is 25.6 Å². The Bertz CT molecular complexity index is 1100. The summed E-state index contributed by atoms with van der Waals surface area (Å²) < 4.78 is 10.9. The number of hydrogen-bond acceptors (Lipinski definition) is 7. The molecule has 1 aliphatic rings. The van der Waals surface area contributed by atoms with E-state index in [1.54, 1.807) is 13.3 Å². The van der Waals surface area contributed by atoms with E-state index in [0.29, 0.717) is 11.5 Å². The molecule has 33 heavy (non-hydrogen) atoms. The van der Waals surface area contributed by atoms with E-state index in [-0.39, 0.29) is 12.6 Å². The number of rotatable bonds is 9. The summed E-state index contributed by atoms with van der Waals surface area (Å²) in [5.74, 6) is 1.41. The molecule has 1 aliphatic heterocycles. The molecule has 4 rings (SSSR count). The van der Waals surface area contributed by atoms with Gasteiger partial charge in [0.25, 0.3) is 5.91 Å². The zero-order chi connectivity index (χ0) is 23.2. The molecule has 3 heterocycles. The molecule has 1 amide bonds. The molecule has 3 N–H and O–H groups in total. The van der Waals surface area contributed by atoms with Gasteiger partial charge in [0.15, 0.2) is 18.1 Å². The number of primary amides is 1. The molecule has 172 valence electrons. The van der Waals surface area contributed by atoms with Crippen LogP contribution in [0.15, 0.2) is 54.9 Å². The van der Waals surface area contributed by atoms with E-state index in [4.69, 9.17) is 20.2 Å². The number of benzene rings is 1. The van der Waals surface area contributed by atoms with Gasteiger partial charge in [-0.2, -0.15) is 0 Å².